The normalized spacial score (nSPS) is 31.1. The van der Waals surface area contributed by atoms with Gasteiger partial charge in [-0.25, -0.2) is 4.39 Å². The van der Waals surface area contributed by atoms with Gasteiger partial charge in [-0.05, 0) is 36.0 Å². The van der Waals surface area contributed by atoms with Crippen molar-refractivity contribution in [2.45, 2.75) is 6.92 Å². The Balaban J connectivity index is 1.83. The van der Waals surface area contributed by atoms with Crippen LogP contribution in [-0.2, 0) is 0 Å². The maximum Gasteiger partial charge on any atom is 0.147 e. The second kappa shape index (κ2) is 3.21. The topological polar surface area (TPSA) is 27.0 Å². The first kappa shape index (κ1) is 9.65. The van der Waals surface area contributed by atoms with Crippen LogP contribution in [0, 0.1) is 34.9 Å². The van der Waals surface area contributed by atoms with Crippen molar-refractivity contribution in [2.24, 2.45) is 17.8 Å². The van der Waals surface area contributed by atoms with Crippen LogP contribution >= 0.6 is 0 Å². The van der Waals surface area contributed by atoms with Crippen LogP contribution in [0.1, 0.15) is 12.5 Å². The largest absolute Gasteiger partial charge is 0.369 e. The summed E-state index contributed by atoms with van der Waals surface area (Å²) < 4.78 is 13.7. The number of hydrogen-bond donors (Lipinski definition) is 0. The summed E-state index contributed by atoms with van der Waals surface area (Å²) in [6.45, 7) is 4.20. The summed E-state index contributed by atoms with van der Waals surface area (Å²) in [6, 6.07) is 6.69. The van der Waals surface area contributed by atoms with Crippen LogP contribution in [0.15, 0.2) is 18.2 Å². The van der Waals surface area contributed by atoms with Crippen molar-refractivity contribution in [3.8, 4) is 6.07 Å². The van der Waals surface area contributed by atoms with Gasteiger partial charge in [0.05, 0.1) is 17.3 Å². The van der Waals surface area contributed by atoms with Crippen molar-refractivity contribution in [3.63, 3.8) is 0 Å². The zero-order valence-electron chi connectivity index (χ0n) is 9.15. The Morgan fingerprint density at radius 3 is 2.62 bits per heavy atom. The molecule has 1 saturated carbocycles. The fourth-order valence-electron chi connectivity index (χ4n) is 2.85. The van der Waals surface area contributed by atoms with Crippen LogP contribution in [0.4, 0.5) is 10.1 Å². The monoisotopic (exact) mass is 216 g/mol. The number of nitriles is 1. The van der Waals surface area contributed by atoms with Crippen LogP contribution in [0.2, 0.25) is 0 Å². The molecule has 1 saturated heterocycles. The van der Waals surface area contributed by atoms with E-state index in [0.717, 1.165) is 30.8 Å². The van der Waals surface area contributed by atoms with Crippen molar-refractivity contribution in [2.75, 3.05) is 18.0 Å². The average Bonchev–Trinajstić information content (AvgIpc) is 2.75. The maximum atomic E-state index is 13.7. The molecule has 1 aromatic rings. The number of fused-ring (bicyclic) bond motifs is 1. The molecule has 0 spiro atoms. The third kappa shape index (κ3) is 1.30. The zero-order chi connectivity index (χ0) is 11.3. The molecular weight excluding hydrogens is 203 g/mol. The Labute approximate surface area is 94.3 Å². The molecule has 2 atom stereocenters. The highest BCUT2D eigenvalue weighted by molar-refractivity contribution is 5.53. The molecule has 0 N–H and O–H groups in total. The molecule has 2 aliphatic rings. The minimum atomic E-state index is -0.270. The van der Waals surface area contributed by atoms with E-state index in [1.165, 1.54) is 6.07 Å². The standard InChI is InChI=1S/C13H13FN2/c1-8-10-6-16(7-11(8)10)13-3-2-9(5-15)4-12(13)14/h2-4,8,10-11H,6-7H2,1H3. The van der Waals surface area contributed by atoms with Crippen molar-refractivity contribution in [1.82, 2.24) is 0 Å². The van der Waals surface area contributed by atoms with E-state index in [4.69, 9.17) is 5.26 Å². The lowest BCUT2D eigenvalue weighted by Crippen LogP contribution is -2.24. The summed E-state index contributed by atoms with van der Waals surface area (Å²) in [5.74, 6) is 2.07. The lowest BCUT2D eigenvalue weighted by Gasteiger charge is -2.21. The average molecular weight is 216 g/mol. The minimum Gasteiger partial charge on any atom is -0.369 e. The Bertz CT molecular complexity index is 465. The quantitative estimate of drug-likeness (QED) is 0.720. The smallest absolute Gasteiger partial charge is 0.147 e. The molecule has 2 unspecified atom stereocenters. The second-order valence-corrected chi connectivity index (χ2v) is 4.87. The molecule has 0 bridgehead atoms. The van der Waals surface area contributed by atoms with Gasteiger partial charge in [0.1, 0.15) is 5.82 Å². The Kier molecular flexibility index (Phi) is 1.94. The highest BCUT2D eigenvalue weighted by Gasteiger charge is 2.52. The van der Waals surface area contributed by atoms with Crippen molar-refractivity contribution in [1.29, 1.82) is 5.26 Å². The number of rotatable bonds is 1. The van der Waals surface area contributed by atoms with Gasteiger partial charge in [0.15, 0.2) is 0 Å². The molecule has 1 heterocycles. The molecule has 0 aromatic heterocycles. The second-order valence-electron chi connectivity index (χ2n) is 4.87. The third-order valence-corrected chi connectivity index (χ3v) is 4.04. The molecule has 3 rings (SSSR count). The van der Waals surface area contributed by atoms with E-state index in [1.54, 1.807) is 12.1 Å². The van der Waals surface area contributed by atoms with Gasteiger partial charge in [-0.3, -0.25) is 0 Å². The number of nitrogens with zero attached hydrogens (tertiary/aromatic N) is 2. The number of anilines is 1. The summed E-state index contributed by atoms with van der Waals surface area (Å²) in [7, 11) is 0. The molecular formula is C13H13FN2. The molecule has 16 heavy (non-hydrogen) atoms. The van der Waals surface area contributed by atoms with E-state index in [1.807, 2.05) is 6.07 Å². The predicted molar refractivity (Wildman–Crippen MR) is 59.5 cm³/mol. The van der Waals surface area contributed by atoms with E-state index in [9.17, 15) is 4.39 Å². The first-order chi connectivity index (χ1) is 7.70. The lowest BCUT2D eigenvalue weighted by atomic mass is 10.2. The minimum absolute atomic E-state index is 0.270. The number of halogens is 1. The van der Waals surface area contributed by atoms with Crippen molar-refractivity contribution >= 4 is 5.69 Å². The van der Waals surface area contributed by atoms with Crippen molar-refractivity contribution < 1.29 is 4.39 Å². The molecule has 1 aromatic carbocycles. The zero-order valence-corrected chi connectivity index (χ0v) is 9.15. The molecule has 1 aliphatic heterocycles. The SMILES string of the molecule is CC1C2CN(c3ccc(C#N)cc3F)CC12. The molecule has 0 amide bonds. The van der Waals surface area contributed by atoms with Crippen LogP contribution in [0.5, 0.6) is 0 Å². The van der Waals surface area contributed by atoms with Gasteiger partial charge in [0, 0.05) is 13.1 Å². The van der Waals surface area contributed by atoms with Crippen LogP contribution in [-0.4, -0.2) is 13.1 Å². The van der Waals surface area contributed by atoms with Crippen molar-refractivity contribution in [3.05, 3.63) is 29.6 Å². The van der Waals surface area contributed by atoms with Gasteiger partial charge in [-0.2, -0.15) is 5.26 Å². The number of piperidine rings is 1. The summed E-state index contributed by atoms with van der Waals surface area (Å²) in [6.07, 6.45) is 0. The third-order valence-electron chi connectivity index (χ3n) is 4.04. The maximum absolute atomic E-state index is 13.7. The van der Waals surface area contributed by atoms with Gasteiger partial charge in [0.25, 0.3) is 0 Å². The number of hydrogen-bond acceptors (Lipinski definition) is 2. The number of benzene rings is 1. The molecule has 82 valence electrons. The Hall–Kier alpha value is -1.56. The van der Waals surface area contributed by atoms with E-state index >= 15 is 0 Å². The fraction of sp³-hybridized carbons (Fsp3) is 0.462. The first-order valence-corrected chi connectivity index (χ1v) is 5.65. The van der Waals surface area contributed by atoms with Crippen LogP contribution in [0.25, 0.3) is 0 Å². The van der Waals surface area contributed by atoms with Gasteiger partial charge in [-0.15, -0.1) is 0 Å². The fourth-order valence-corrected chi connectivity index (χ4v) is 2.85. The summed E-state index contributed by atoms with van der Waals surface area (Å²) in [5.41, 5.74) is 1.04. The van der Waals surface area contributed by atoms with Gasteiger partial charge < -0.3 is 4.90 Å². The molecule has 2 fully saturated rings. The van der Waals surface area contributed by atoms with Gasteiger partial charge in [0.2, 0.25) is 0 Å². The predicted octanol–water partition coefficient (Wildman–Crippen LogP) is 2.40. The van der Waals surface area contributed by atoms with Gasteiger partial charge >= 0.3 is 0 Å². The van der Waals surface area contributed by atoms with E-state index in [2.05, 4.69) is 11.8 Å². The molecule has 1 aliphatic carbocycles. The molecule has 3 heteroatoms. The molecule has 0 radical (unpaired) electrons. The highest BCUT2D eigenvalue weighted by atomic mass is 19.1. The van der Waals surface area contributed by atoms with Gasteiger partial charge in [-0.1, -0.05) is 6.92 Å². The summed E-state index contributed by atoms with van der Waals surface area (Å²) >= 11 is 0. The Morgan fingerprint density at radius 2 is 2.06 bits per heavy atom. The summed E-state index contributed by atoms with van der Waals surface area (Å²) in [5, 5.41) is 8.67. The van der Waals surface area contributed by atoms with E-state index in [0.29, 0.717) is 11.3 Å². The summed E-state index contributed by atoms with van der Waals surface area (Å²) in [4.78, 5) is 2.10. The van der Waals surface area contributed by atoms with Crippen LogP contribution in [0.3, 0.4) is 0 Å². The van der Waals surface area contributed by atoms with E-state index in [-0.39, 0.29) is 5.82 Å². The Morgan fingerprint density at radius 1 is 1.38 bits per heavy atom. The highest BCUT2D eigenvalue weighted by Crippen LogP contribution is 2.52. The van der Waals surface area contributed by atoms with Crippen LogP contribution < -0.4 is 4.90 Å². The molecule has 2 nitrogen and oxygen atoms in total. The first-order valence-electron chi connectivity index (χ1n) is 5.65. The van der Waals surface area contributed by atoms with E-state index < -0.39 is 0 Å². The lowest BCUT2D eigenvalue weighted by molar-refractivity contribution is 0.610.